The second-order valence-corrected chi connectivity index (χ2v) is 6.91. The lowest BCUT2D eigenvalue weighted by Gasteiger charge is -2.24. The van der Waals surface area contributed by atoms with Gasteiger partial charge in [0.05, 0.1) is 11.3 Å². The second kappa shape index (κ2) is 7.67. The number of nitrogens with zero attached hydrogens (tertiary/aromatic N) is 3. The van der Waals surface area contributed by atoms with Gasteiger partial charge in [-0.15, -0.1) is 0 Å². The maximum atomic E-state index is 12.9. The van der Waals surface area contributed by atoms with Gasteiger partial charge in [-0.2, -0.15) is 0 Å². The number of aliphatic hydroxyl groups excluding tert-OH is 1. The molecule has 6 heteroatoms. The summed E-state index contributed by atoms with van der Waals surface area (Å²) in [6.07, 6.45) is 4.89. The summed E-state index contributed by atoms with van der Waals surface area (Å²) in [5.74, 6) is -1.59. The Kier molecular flexibility index (Phi) is 4.91. The smallest absolute Gasteiger partial charge is 0.296 e. The number of aromatic nitrogens is 2. The van der Waals surface area contributed by atoms with Gasteiger partial charge in [0.25, 0.3) is 11.7 Å². The Morgan fingerprint density at radius 3 is 2.48 bits per heavy atom. The van der Waals surface area contributed by atoms with Crippen LogP contribution in [0.1, 0.15) is 28.4 Å². The lowest BCUT2D eigenvalue weighted by molar-refractivity contribution is -0.140. The topological polar surface area (TPSA) is 83.4 Å². The minimum absolute atomic E-state index is 0.0430. The fourth-order valence-corrected chi connectivity index (χ4v) is 3.44. The van der Waals surface area contributed by atoms with Crippen LogP contribution in [0.2, 0.25) is 0 Å². The van der Waals surface area contributed by atoms with Gasteiger partial charge in [0, 0.05) is 30.7 Å². The largest absolute Gasteiger partial charge is 0.507 e. The summed E-state index contributed by atoms with van der Waals surface area (Å²) in [4.78, 5) is 35.7. The van der Waals surface area contributed by atoms with Crippen molar-refractivity contribution in [2.75, 3.05) is 0 Å². The Morgan fingerprint density at radius 1 is 1.03 bits per heavy atom. The molecule has 4 rings (SSSR count). The Balaban J connectivity index is 1.85. The van der Waals surface area contributed by atoms with Crippen molar-refractivity contribution >= 4 is 17.4 Å². The zero-order valence-corrected chi connectivity index (χ0v) is 15.8. The Hall–Kier alpha value is -3.80. The van der Waals surface area contributed by atoms with Crippen molar-refractivity contribution < 1.29 is 14.7 Å². The molecule has 1 fully saturated rings. The first kappa shape index (κ1) is 18.6. The molecule has 0 radical (unpaired) electrons. The minimum Gasteiger partial charge on any atom is -0.507 e. The van der Waals surface area contributed by atoms with Crippen molar-refractivity contribution in [1.29, 1.82) is 0 Å². The second-order valence-electron chi connectivity index (χ2n) is 6.91. The lowest BCUT2D eigenvalue weighted by atomic mass is 9.98. The zero-order chi connectivity index (χ0) is 20.4. The van der Waals surface area contributed by atoms with E-state index < -0.39 is 17.7 Å². The number of carbonyl (C=O) groups is 2. The molecule has 3 aromatic rings. The molecule has 1 aliphatic heterocycles. The maximum absolute atomic E-state index is 12.9. The highest BCUT2D eigenvalue weighted by Gasteiger charge is 2.46. The number of benzene rings is 1. The molecule has 29 heavy (non-hydrogen) atoms. The van der Waals surface area contributed by atoms with Crippen LogP contribution in [0.5, 0.6) is 0 Å². The van der Waals surface area contributed by atoms with E-state index in [1.165, 1.54) is 4.90 Å². The number of aryl methyl sites for hydroxylation is 1. The first-order valence-corrected chi connectivity index (χ1v) is 9.21. The number of carbonyl (C=O) groups excluding carboxylic acids is 2. The van der Waals surface area contributed by atoms with Gasteiger partial charge in [0.1, 0.15) is 11.8 Å². The van der Waals surface area contributed by atoms with E-state index >= 15 is 0 Å². The van der Waals surface area contributed by atoms with Gasteiger partial charge in [-0.05, 0) is 30.7 Å². The molecular weight excluding hydrogens is 366 g/mol. The Morgan fingerprint density at radius 2 is 1.83 bits per heavy atom. The van der Waals surface area contributed by atoms with Crippen LogP contribution in [0.4, 0.5) is 0 Å². The summed E-state index contributed by atoms with van der Waals surface area (Å²) in [7, 11) is 0. The van der Waals surface area contributed by atoms with Crippen LogP contribution in [0.25, 0.3) is 5.76 Å². The maximum Gasteiger partial charge on any atom is 0.296 e. The highest BCUT2D eigenvalue weighted by Crippen LogP contribution is 2.39. The van der Waals surface area contributed by atoms with E-state index in [1.807, 2.05) is 25.1 Å². The molecule has 2 aromatic heterocycles. The molecule has 0 bridgehead atoms. The van der Waals surface area contributed by atoms with Crippen LogP contribution < -0.4 is 0 Å². The summed E-state index contributed by atoms with van der Waals surface area (Å²) < 4.78 is 0. The lowest BCUT2D eigenvalue weighted by Crippen LogP contribution is -2.29. The van der Waals surface area contributed by atoms with E-state index in [9.17, 15) is 14.7 Å². The molecule has 0 aliphatic carbocycles. The average molecular weight is 385 g/mol. The number of amides is 1. The van der Waals surface area contributed by atoms with Gasteiger partial charge in [0.2, 0.25) is 0 Å². The summed E-state index contributed by atoms with van der Waals surface area (Å²) >= 11 is 0. The van der Waals surface area contributed by atoms with Gasteiger partial charge in [-0.25, -0.2) is 0 Å². The van der Waals surface area contributed by atoms with Gasteiger partial charge in [-0.1, -0.05) is 42.0 Å². The van der Waals surface area contributed by atoms with Crippen LogP contribution in [-0.4, -0.2) is 31.7 Å². The molecule has 1 amide bonds. The molecule has 1 aliphatic rings. The summed E-state index contributed by atoms with van der Waals surface area (Å²) in [6.45, 7) is 2.12. The number of Topliss-reactive ketones (excluding diaryl/α,β-unsaturated/α-hetero) is 1. The number of hydrogen-bond donors (Lipinski definition) is 1. The van der Waals surface area contributed by atoms with Crippen LogP contribution >= 0.6 is 0 Å². The Bertz CT molecular complexity index is 1080. The standard InChI is InChI=1S/C23H19N3O3/c1-15-7-9-17(10-8-15)21(27)19-20(18-6-2-3-12-25-18)26(23(29)22(19)28)14-16-5-4-11-24-13-16/h2-13,20,27H,14H2,1H3. The van der Waals surface area contributed by atoms with Crippen LogP contribution in [0, 0.1) is 6.92 Å². The molecule has 1 unspecified atom stereocenters. The predicted octanol–water partition coefficient (Wildman–Crippen LogP) is 3.41. The van der Waals surface area contributed by atoms with Gasteiger partial charge >= 0.3 is 0 Å². The van der Waals surface area contributed by atoms with Crippen LogP contribution in [-0.2, 0) is 16.1 Å². The number of pyridine rings is 2. The van der Waals surface area contributed by atoms with Crippen molar-refractivity contribution in [2.24, 2.45) is 0 Å². The quantitative estimate of drug-likeness (QED) is 0.423. The zero-order valence-electron chi connectivity index (χ0n) is 15.8. The van der Waals surface area contributed by atoms with Gasteiger partial charge in [-0.3, -0.25) is 19.6 Å². The molecule has 1 aromatic carbocycles. The average Bonchev–Trinajstić information content (AvgIpc) is 3.00. The van der Waals surface area contributed by atoms with Crippen molar-refractivity contribution in [2.45, 2.75) is 19.5 Å². The van der Waals surface area contributed by atoms with Gasteiger partial charge in [0.15, 0.2) is 0 Å². The van der Waals surface area contributed by atoms with E-state index in [4.69, 9.17) is 0 Å². The molecule has 1 atom stereocenters. The third kappa shape index (κ3) is 3.52. The first-order valence-electron chi connectivity index (χ1n) is 9.21. The highest BCUT2D eigenvalue weighted by molar-refractivity contribution is 6.46. The van der Waals surface area contributed by atoms with Crippen molar-refractivity contribution in [3.63, 3.8) is 0 Å². The molecule has 1 saturated heterocycles. The number of rotatable bonds is 4. The fourth-order valence-electron chi connectivity index (χ4n) is 3.44. The first-order chi connectivity index (χ1) is 14.1. The van der Waals surface area contributed by atoms with Crippen molar-refractivity contribution in [3.8, 4) is 0 Å². The molecule has 6 nitrogen and oxygen atoms in total. The highest BCUT2D eigenvalue weighted by atomic mass is 16.3. The number of aliphatic hydroxyl groups is 1. The molecule has 0 saturated carbocycles. The van der Waals surface area contributed by atoms with Gasteiger partial charge < -0.3 is 10.0 Å². The monoisotopic (exact) mass is 385 g/mol. The van der Waals surface area contributed by atoms with Crippen LogP contribution in [0.3, 0.4) is 0 Å². The van der Waals surface area contributed by atoms with E-state index in [-0.39, 0.29) is 17.9 Å². The summed E-state index contributed by atoms with van der Waals surface area (Å²) in [6, 6.07) is 15.3. The summed E-state index contributed by atoms with van der Waals surface area (Å²) in [5.41, 5.74) is 2.85. The van der Waals surface area contributed by atoms with E-state index in [0.29, 0.717) is 11.3 Å². The van der Waals surface area contributed by atoms with Crippen molar-refractivity contribution in [1.82, 2.24) is 14.9 Å². The van der Waals surface area contributed by atoms with Crippen molar-refractivity contribution in [3.05, 3.63) is 101 Å². The fraction of sp³-hybridized carbons (Fsp3) is 0.130. The number of likely N-dealkylation sites (tertiary alicyclic amines) is 1. The summed E-state index contributed by atoms with van der Waals surface area (Å²) in [5, 5.41) is 11.0. The molecule has 144 valence electrons. The third-order valence-electron chi connectivity index (χ3n) is 4.91. The van der Waals surface area contributed by atoms with Crippen LogP contribution in [0.15, 0.2) is 78.8 Å². The normalized spacial score (nSPS) is 18.2. The SMILES string of the molecule is Cc1ccc(C(O)=C2C(=O)C(=O)N(Cc3cccnc3)C2c2ccccn2)cc1. The molecule has 3 heterocycles. The van der Waals surface area contributed by atoms with E-state index in [2.05, 4.69) is 9.97 Å². The Labute approximate surface area is 168 Å². The number of ketones is 1. The molecule has 0 spiro atoms. The predicted molar refractivity (Wildman–Crippen MR) is 107 cm³/mol. The van der Waals surface area contributed by atoms with E-state index in [1.54, 1.807) is 55.0 Å². The minimum atomic E-state index is -0.780. The number of hydrogen-bond acceptors (Lipinski definition) is 5. The van der Waals surface area contributed by atoms with E-state index in [0.717, 1.165) is 11.1 Å². The molecular formula is C23H19N3O3. The molecule has 1 N–H and O–H groups in total. The third-order valence-corrected chi connectivity index (χ3v) is 4.91.